The van der Waals surface area contributed by atoms with E-state index in [-0.39, 0.29) is 6.04 Å². The van der Waals surface area contributed by atoms with E-state index in [9.17, 15) is 0 Å². The van der Waals surface area contributed by atoms with E-state index in [0.29, 0.717) is 6.54 Å². The highest BCUT2D eigenvalue weighted by Crippen LogP contribution is 1.86. The van der Waals surface area contributed by atoms with Crippen LogP contribution in [-0.2, 0) is 0 Å². The molecule has 0 saturated carbocycles. The Bertz CT molecular complexity index is 35.1. The standard InChI is InChI=1S/C5H13N2/c1-5(7)3-2-4-6/h3,5H,2,4,6-7H2,1H3. The molecule has 0 heterocycles. The average molecular weight is 101 g/mol. The third-order valence-corrected chi connectivity index (χ3v) is 0.705. The molecule has 1 radical (unpaired) electrons. The monoisotopic (exact) mass is 101 g/mol. The fourth-order valence-corrected chi connectivity index (χ4v) is 0.359. The zero-order chi connectivity index (χ0) is 5.70. The van der Waals surface area contributed by atoms with Crippen LogP contribution in [0.3, 0.4) is 0 Å². The Balaban J connectivity index is 2.68. The van der Waals surface area contributed by atoms with Crippen LogP contribution >= 0.6 is 0 Å². The van der Waals surface area contributed by atoms with Gasteiger partial charge in [-0.05, 0) is 26.3 Å². The van der Waals surface area contributed by atoms with Gasteiger partial charge in [0.25, 0.3) is 0 Å². The summed E-state index contributed by atoms with van der Waals surface area (Å²) in [5.74, 6) is 0. The van der Waals surface area contributed by atoms with Crippen molar-refractivity contribution in [2.45, 2.75) is 19.4 Å². The van der Waals surface area contributed by atoms with E-state index in [4.69, 9.17) is 11.5 Å². The van der Waals surface area contributed by atoms with E-state index in [2.05, 4.69) is 0 Å². The molecular weight excluding hydrogens is 88.1 g/mol. The lowest BCUT2D eigenvalue weighted by Crippen LogP contribution is -2.16. The first-order chi connectivity index (χ1) is 3.27. The van der Waals surface area contributed by atoms with E-state index in [1.165, 1.54) is 0 Å². The van der Waals surface area contributed by atoms with Crippen LogP contribution in [0.25, 0.3) is 0 Å². The van der Waals surface area contributed by atoms with E-state index in [1.54, 1.807) is 0 Å². The van der Waals surface area contributed by atoms with E-state index in [1.807, 2.05) is 13.3 Å². The molecule has 0 aliphatic heterocycles. The minimum Gasteiger partial charge on any atom is -0.330 e. The Kier molecular flexibility index (Phi) is 4.04. The van der Waals surface area contributed by atoms with E-state index >= 15 is 0 Å². The highest BCUT2D eigenvalue weighted by molar-refractivity contribution is 4.74. The van der Waals surface area contributed by atoms with Crippen molar-refractivity contribution < 1.29 is 0 Å². The molecule has 0 aromatic rings. The van der Waals surface area contributed by atoms with Crippen molar-refractivity contribution in [3.63, 3.8) is 0 Å². The van der Waals surface area contributed by atoms with E-state index < -0.39 is 0 Å². The lowest BCUT2D eigenvalue weighted by atomic mass is 10.2. The number of rotatable bonds is 3. The van der Waals surface area contributed by atoms with Crippen molar-refractivity contribution >= 4 is 0 Å². The minimum atomic E-state index is 0.198. The Labute approximate surface area is 44.9 Å². The predicted octanol–water partition coefficient (Wildman–Crippen LogP) is -0.113. The van der Waals surface area contributed by atoms with Gasteiger partial charge in [-0.15, -0.1) is 0 Å². The molecule has 0 saturated heterocycles. The molecular formula is C5H13N2. The maximum Gasteiger partial charge on any atom is 0.00424 e. The fourth-order valence-electron chi connectivity index (χ4n) is 0.359. The molecule has 43 valence electrons. The molecule has 2 nitrogen and oxygen atoms in total. The summed E-state index contributed by atoms with van der Waals surface area (Å²) in [5, 5.41) is 0. The topological polar surface area (TPSA) is 52.0 Å². The zero-order valence-electron chi connectivity index (χ0n) is 4.72. The summed E-state index contributed by atoms with van der Waals surface area (Å²) in [7, 11) is 0. The Morgan fingerprint density at radius 2 is 2.29 bits per heavy atom. The van der Waals surface area contributed by atoms with Gasteiger partial charge in [-0.25, -0.2) is 0 Å². The molecule has 1 unspecified atom stereocenters. The Morgan fingerprint density at radius 1 is 1.71 bits per heavy atom. The van der Waals surface area contributed by atoms with Crippen LogP contribution in [-0.4, -0.2) is 12.6 Å². The van der Waals surface area contributed by atoms with Gasteiger partial charge in [0, 0.05) is 6.04 Å². The van der Waals surface area contributed by atoms with Crippen LogP contribution in [0.1, 0.15) is 13.3 Å². The van der Waals surface area contributed by atoms with Gasteiger partial charge in [0.15, 0.2) is 0 Å². The summed E-state index contributed by atoms with van der Waals surface area (Å²) in [5.41, 5.74) is 10.6. The number of hydrogen-bond donors (Lipinski definition) is 2. The average Bonchev–Trinajstić information content (AvgIpc) is 1.61. The molecule has 7 heavy (non-hydrogen) atoms. The molecule has 0 aromatic heterocycles. The molecule has 0 spiro atoms. The van der Waals surface area contributed by atoms with Gasteiger partial charge >= 0.3 is 0 Å². The van der Waals surface area contributed by atoms with Crippen LogP contribution in [0.15, 0.2) is 0 Å². The molecule has 1 atom stereocenters. The van der Waals surface area contributed by atoms with Crippen molar-refractivity contribution in [1.82, 2.24) is 0 Å². The summed E-state index contributed by atoms with van der Waals surface area (Å²) in [6.45, 7) is 2.65. The van der Waals surface area contributed by atoms with Gasteiger partial charge in [-0.2, -0.15) is 0 Å². The molecule has 0 aliphatic carbocycles. The summed E-state index contributed by atoms with van der Waals surface area (Å²) < 4.78 is 0. The van der Waals surface area contributed by atoms with Crippen LogP contribution < -0.4 is 11.5 Å². The summed E-state index contributed by atoms with van der Waals surface area (Å²) in [4.78, 5) is 0. The normalized spacial score (nSPS) is 14.1. The van der Waals surface area contributed by atoms with Gasteiger partial charge in [0.05, 0.1) is 0 Å². The maximum atomic E-state index is 5.37. The van der Waals surface area contributed by atoms with Crippen LogP contribution in [0, 0.1) is 6.42 Å². The first-order valence-electron chi connectivity index (χ1n) is 2.56. The Morgan fingerprint density at radius 3 is 2.43 bits per heavy atom. The van der Waals surface area contributed by atoms with Gasteiger partial charge in [-0.1, -0.05) is 0 Å². The summed E-state index contributed by atoms with van der Waals surface area (Å²) in [6.07, 6.45) is 2.93. The Hall–Kier alpha value is -0.0800. The third-order valence-electron chi connectivity index (χ3n) is 0.705. The van der Waals surface area contributed by atoms with Gasteiger partial charge in [0.1, 0.15) is 0 Å². The van der Waals surface area contributed by atoms with Gasteiger partial charge < -0.3 is 11.5 Å². The lowest BCUT2D eigenvalue weighted by molar-refractivity contribution is 0.777. The number of hydrogen-bond acceptors (Lipinski definition) is 2. The first-order valence-corrected chi connectivity index (χ1v) is 2.56. The third kappa shape index (κ3) is 5.92. The lowest BCUT2D eigenvalue weighted by Gasteiger charge is -1.99. The highest BCUT2D eigenvalue weighted by Gasteiger charge is 1.89. The van der Waals surface area contributed by atoms with Crippen LogP contribution in [0.5, 0.6) is 0 Å². The molecule has 0 aromatic carbocycles. The number of nitrogens with two attached hydrogens (primary N) is 2. The van der Waals surface area contributed by atoms with Gasteiger partial charge in [-0.3, -0.25) is 0 Å². The van der Waals surface area contributed by atoms with Crippen molar-refractivity contribution in [2.24, 2.45) is 11.5 Å². The van der Waals surface area contributed by atoms with Crippen molar-refractivity contribution in [3.8, 4) is 0 Å². The van der Waals surface area contributed by atoms with Crippen LogP contribution in [0.2, 0.25) is 0 Å². The second-order valence-corrected chi connectivity index (χ2v) is 1.67. The van der Waals surface area contributed by atoms with Gasteiger partial charge in [0.2, 0.25) is 0 Å². The quantitative estimate of drug-likeness (QED) is 0.521. The minimum absolute atomic E-state index is 0.198. The molecule has 0 fully saturated rings. The molecule has 0 bridgehead atoms. The van der Waals surface area contributed by atoms with E-state index in [0.717, 1.165) is 6.42 Å². The second kappa shape index (κ2) is 4.09. The fraction of sp³-hybridized carbons (Fsp3) is 0.800. The molecule has 0 rings (SSSR count). The predicted molar refractivity (Wildman–Crippen MR) is 31.6 cm³/mol. The molecule has 4 N–H and O–H groups in total. The zero-order valence-corrected chi connectivity index (χ0v) is 4.72. The molecule has 2 heteroatoms. The maximum absolute atomic E-state index is 5.37. The van der Waals surface area contributed by atoms with Crippen molar-refractivity contribution in [2.75, 3.05) is 6.54 Å². The highest BCUT2D eigenvalue weighted by atomic mass is 14.6. The first kappa shape index (κ1) is 6.92. The smallest absolute Gasteiger partial charge is 0.00424 e. The second-order valence-electron chi connectivity index (χ2n) is 1.67. The van der Waals surface area contributed by atoms with Crippen molar-refractivity contribution in [1.29, 1.82) is 0 Å². The summed E-state index contributed by atoms with van der Waals surface area (Å²) >= 11 is 0. The SMILES string of the molecule is CC(N)[CH]CCN. The molecule has 0 aliphatic rings. The molecule has 0 amide bonds. The summed E-state index contributed by atoms with van der Waals surface area (Å²) in [6, 6.07) is 0.198. The van der Waals surface area contributed by atoms with Crippen LogP contribution in [0.4, 0.5) is 0 Å². The van der Waals surface area contributed by atoms with Crippen molar-refractivity contribution in [3.05, 3.63) is 6.42 Å². The largest absolute Gasteiger partial charge is 0.330 e.